The van der Waals surface area contributed by atoms with E-state index in [-0.39, 0.29) is 5.28 Å². The van der Waals surface area contributed by atoms with Gasteiger partial charge in [0.05, 0.1) is 6.54 Å². The smallest absolute Gasteiger partial charge is 0.224 e. The van der Waals surface area contributed by atoms with Crippen LogP contribution in [0.5, 0.6) is 0 Å². The summed E-state index contributed by atoms with van der Waals surface area (Å²) in [6, 6.07) is 1.81. The number of halogens is 1. The van der Waals surface area contributed by atoms with Crippen molar-refractivity contribution in [2.24, 2.45) is 7.05 Å². The Labute approximate surface area is 98.7 Å². The van der Waals surface area contributed by atoms with Gasteiger partial charge in [0.15, 0.2) is 0 Å². The maximum Gasteiger partial charge on any atom is 0.224 e. The van der Waals surface area contributed by atoms with Crippen molar-refractivity contribution in [1.82, 2.24) is 19.5 Å². The van der Waals surface area contributed by atoms with Gasteiger partial charge in [0.1, 0.15) is 11.6 Å². The van der Waals surface area contributed by atoms with Crippen LogP contribution >= 0.6 is 11.6 Å². The molecule has 2 heterocycles. The number of nitrogens with zero attached hydrogens (tertiary/aromatic N) is 5. The van der Waals surface area contributed by atoms with Crippen LogP contribution in [0.2, 0.25) is 5.28 Å². The van der Waals surface area contributed by atoms with Gasteiger partial charge in [-0.1, -0.05) is 0 Å². The Bertz CT molecular complexity index is 482. The standard InChI is InChI=1S/C10H12ClN5/c1-15-6-5-12-9(15)7-16(2)8-3-4-13-10(11)14-8/h3-6H,7H2,1-2H3. The molecule has 0 N–H and O–H groups in total. The van der Waals surface area contributed by atoms with E-state index < -0.39 is 0 Å². The van der Waals surface area contributed by atoms with Gasteiger partial charge >= 0.3 is 0 Å². The molecule has 0 aromatic carbocycles. The van der Waals surface area contributed by atoms with Crippen molar-refractivity contribution in [2.75, 3.05) is 11.9 Å². The first-order valence-corrected chi connectivity index (χ1v) is 5.20. The number of aryl methyl sites for hydroxylation is 1. The first-order chi connectivity index (χ1) is 7.66. The minimum atomic E-state index is 0.254. The van der Waals surface area contributed by atoms with Crippen molar-refractivity contribution in [3.05, 3.63) is 35.8 Å². The molecule has 84 valence electrons. The van der Waals surface area contributed by atoms with Gasteiger partial charge in [-0.25, -0.2) is 15.0 Å². The highest BCUT2D eigenvalue weighted by atomic mass is 35.5. The number of imidazole rings is 1. The van der Waals surface area contributed by atoms with Crippen LogP contribution in [0.25, 0.3) is 0 Å². The molecule has 0 aliphatic carbocycles. The maximum absolute atomic E-state index is 5.73. The topological polar surface area (TPSA) is 46.8 Å². The van der Waals surface area contributed by atoms with Gasteiger partial charge in [0.2, 0.25) is 5.28 Å². The van der Waals surface area contributed by atoms with E-state index in [4.69, 9.17) is 11.6 Å². The molecule has 0 bridgehead atoms. The Hall–Kier alpha value is -1.62. The average Bonchev–Trinajstić information content (AvgIpc) is 2.64. The third-order valence-corrected chi connectivity index (χ3v) is 2.48. The Morgan fingerprint density at radius 1 is 1.38 bits per heavy atom. The number of rotatable bonds is 3. The summed E-state index contributed by atoms with van der Waals surface area (Å²) < 4.78 is 1.97. The van der Waals surface area contributed by atoms with Crippen LogP contribution < -0.4 is 4.90 Å². The summed E-state index contributed by atoms with van der Waals surface area (Å²) in [4.78, 5) is 14.2. The summed E-state index contributed by atoms with van der Waals surface area (Å²) >= 11 is 5.73. The fourth-order valence-corrected chi connectivity index (χ4v) is 1.52. The van der Waals surface area contributed by atoms with Gasteiger partial charge in [0, 0.05) is 32.7 Å². The molecule has 0 aliphatic rings. The monoisotopic (exact) mass is 237 g/mol. The van der Waals surface area contributed by atoms with Crippen LogP contribution in [-0.2, 0) is 13.6 Å². The molecule has 0 saturated heterocycles. The first-order valence-electron chi connectivity index (χ1n) is 4.82. The number of hydrogen-bond acceptors (Lipinski definition) is 4. The Morgan fingerprint density at radius 2 is 2.19 bits per heavy atom. The number of anilines is 1. The molecule has 6 heteroatoms. The predicted octanol–water partition coefficient (Wildman–Crippen LogP) is 1.50. The average molecular weight is 238 g/mol. The predicted molar refractivity (Wildman–Crippen MR) is 62.4 cm³/mol. The second-order valence-electron chi connectivity index (χ2n) is 3.49. The first kappa shape index (κ1) is 10.9. The van der Waals surface area contributed by atoms with Crippen LogP contribution in [0.15, 0.2) is 24.7 Å². The minimum absolute atomic E-state index is 0.254. The van der Waals surface area contributed by atoms with E-state index in [2.05, 4.69) is 15.0 Å². The Kier molecular flexibility index (Phi) is 3.05. The van der Waals surface area contributed by atoms with Crippen LogP contribution in [0.4, 0.5) is 5.82 Å². The lowest BCUT2D eigenvalue weighted by Crippen LogP contribution is -2.20. The van der Waals surface area contributed by atoms with Gasteiger partial charge in [-0.15, -0.1) is 0 Å². The third-order valence-electron chi connectivity index (χ3n) is 2.30. The minimum Gasteiger partial charge on any atom is -0.352 e. The summed E-state index contributed by atoms with van der Waals surface area (Å²) in [5.41, 5.74) is 0. The Morgan fingerprint density at radius 3 is 2.81 bits per heavy atom. The van der Waals surface area contributed by atoms with Crippen molar-refractivity contribution in [1.29, 1.82) is 0 Å². The van der Waals surface area contributed by atoms with Crippen LogP contribution in [0, 0.1) is 0 Å². The van der Waals surface area contributed by atoms with Crippen molar-refractivity contribution in [3.63, 3.8) is 0 Å². The summed E-state index contributed by atoms with van der Waals surface area (Å²) in [5.74, 6) is 1.75. The normalized spacial score (nSPS) is 10.4. The van der Waals surface area contributed by atoms with E-state index in [0.29, 0.717) is 6.54 Å². The van der Waals surface area contributed by atoms with Crippen molar-refractivity contribution in [2.45, 2.75) is 6.54 Å². The highest BCUT2D eigenvalue weighted by Crippen LogP contribution is 2.12. The molecular weight excluding hydrogens is 226 g/mol. The molecule has 2 aromatic heterocycles. The molecule has 0 aliphatic heterocycles. The van der Waals surface area contributed by atoms with Gasteiger partial charge in [0.25, 0.3) is 0 Å². The summed E-state index contributed by atoms with van der Waals surface area (Å²) in [6.07, 6.45) is 5.33. The highest BCUT2D eigenvalue weighted by molar-refractivity contribution is 6.28. The van der Waals surface area contributed by atoms with Crippen molar-refractivity contribution in [3.8, 4) is 0 Å². The largest absolute Gasteiger partial charge is 0.352 e. The third kappa shape index (κ3) is 2.30. The molecular formula is C10H12ClN5. The van der Waals surface area contributed by atoms with E-state index in [0.717, 1.165) is 11.6 Å². The van der Waals surface area contributed by atoms with Gasteiger partial charge in [-0.2, -0.15) is 0 Å². The van der Waals surface area contributed by atoms with Gasteiger partial charge in [-0.05, 0) is 17.7 Å². The molecule has 0 fully saturated rings. The molecule has 2 rings (SSSR count). The van der Waals surface area contributed by atoms with Gasteiger partial charge < -0.3 is 9.47 Å². The van der Waals surface area contributed by atoms with Gasteiger partial charge in [-0.3, -0.25) is 0 Å². The lowest BCUT2D eigenvalue weighted by molar-refractivity contribution is 0.754. The van der Waals surface area contributed by atoms with Crippen LogP contribution in [0.1, 0.15) is 5.82 Å². The maximum atomic E-state index is 5.73. The quantitative estimate of drug-likeness (QED) is 0.759. The number of aromatic nitrogens is 4. The zero-order valence-electron chi connectivity index (χ0n) is 9.13. The lowest BCUT2D eigenvalue weighted by Gasteiger charge is -2.17. The van der Waals surface area contributed by atoms with Crippen LogP contribution in [0.3, 0.4) is 0 Å². The number of hydrogen-bond donors (Lipinski definition) is 0. The fourth-order valence-electron chi connectivity index (χ4n) is 1.38. The van der Waals surface area contributed by atoms with Crippen molar-refractivity contribution < 1.29 is 0 Å². The molecule has 0 spiro atoms. The molecule has 2 aromatic rings. The van der Waals surface area contributed by atoms with E-state index in [9.17, 15) is 0 Å². The SMILES string of the molecule is CN(Cc1nccn1C)c1ccnc(Cl)n1. The molecule has 0 saturated carbocycles. The molecule has 0 atom stereocenters. The summed E-state index contributed by atoms with van der Waals surface area (Å²) in [7, 11) is 3.90. The zero-order valence-corrected chi connectivity index (χ0v) is 9.89. The summed E-state index contributed by atoms with van der Waals surface area (Å²) in [5, 5.41) is 0.254. The van der Waals surface area contributed by atoms with Crippen LogP contribution in [-0.4, -0.2) is 26.6 Å². The molecule has 5 nitrogen and oxygen atoms in total. The Balaban J connectivity index is 2.14. The molecule has 0 radical (unpaired) electrons. The highest BCUT2D eigenvalue weighted by Gasteiger charge is 2.07. The lowest BCUT2D eigenvalue weighted by atomic mass is 10.4. The zero-order chi connectivity index (χ0) is 11.5. The summed E-state index contributed by atoms with van der Waals surface area (Å²) in [6.45, 7) is 0.677. The molecule has 0 unspecified atom stereocenters. The second-order valence-corrected chi connectivity index (χ2v) is 3.83. The van der Waals surface area contributed by atoms with E-state index >= 15 is 0 Å². The fraction of sp³-hybridized carbons (Fsp3) is 0.300. The second kappa shape index (κ2) is 4.49. The molecule has 0 amide bonds. The van der Waals surface area contributed by atoms with E-state index in [1.54, 1.807) is 12.4 Å². The van der Waals surface area contributed by atoms with E-state index in [1.807, 2.05) is 35.8 Å². The van der Waals surface area contributed by atoms with E-state index in [1.165, 1.54) is 0 Å². The molecule has 16 heavy (non-hydrogen) atoms. The van der Waals surface area contributed by atoms with Crippen molar-refractivity contribution >= 4 is 17.4 Å².